The van der Waals surface area contributed by atoms with Crippen LogP contribution in [0.1, 0.15) is 17.2 Å². The van der Waals surface area contributed by atoms with Gasteiger partial charge in [0.1, 0.15) is 5.82 Å². The van der Waals surface area contributed by atoms with Gasteiger partial charge in [-0.05, 0) is 36.9 Å². The van der Waals surface area contributed by atoms with E-state index in [9.17, 15) is 4.39 Å². The average molecular weight is 284 g/mol. The maximum Gasteiger partial charge on any atom is 0.123 e. The number of hydrogen-bond acceptors (Lipinski definition) is 1. The Hall–Kier alpha value is -1.09. The molecule has 0 aliphatic carbocycles. The van der Waals surface area contributed by atoms with Crippen molar-refractivity contribution in [3.8, 4) is 0 Å². The zero-order chi connectivity index (χ0) is 13.1. The smallest absolute Gasteiger partial charge is 0.123 e. The molecular formula is C14H12Cl2FN. The fourth-order valence-corrected chi connectivity index (χ4v) is 2.54. The zero-order valence-electron chi connectivity index (χ0n) is 9.75. The summed E-state index contributed by atoms with van der Waals surface area (Å²) in [7, 11) is 1.81. The summed E-state index contributed by atoms with van der Waals surface area (Å²) in [6.45, 7) is 0. The van der Waals surface area contributed by atoms with Gasteiger partial charge in [0.15, 0.2) is 0 Å². The maximum atomic E-state index is 12.9. The number of rotatable bonds is 3. The molecular weight excluding hydrogens is 272 g/mol. The van der Waals surface area contributed by atoms with E-state index < -0.39 is 0 Å². The van der Waals surface area contributed by atoms with Crippen molar-refractivity contribution < 1.29 is 4.39 Å². The third-order valence-corrected chi connectivity index (χ3v) is 3.44. The first-order chi connectivity index (χ1) is 8.63. The van der Waals surface area contributed by atoms with Crippen molar-refractivity contribution in [2.24, 2.45) is 0 Å². The van der Waals surface area contributed by atoms with E-state index in [1.165, 1.54) is 12.1 Å². The van der Waals surface area contributed by atoms with Crippen molar-refractivity contribution in [1.82, 2.24) is 5.32 Å². The Morgan fingerprint density at radius 1 is 1.00 bits per heavy atom. The third kappa shape index (κ3) is 2.66. The second-order valence-corrected chi connectivity index (χ2v) is 4.72. The second kappa shape index (κ2) is 5.70. The van der Waals surface area contributed by atoms with E-state index >= 15 is 0 Å². The van der Waals surface area contributed by atoms with Gasteiger partial charge in [-0.1, -0.05) is 41.4 Å². The maximum absolute atomic E-state index is 12.9. The molecule has 0 aromatic heterocycles. The van der Waals surface area contributed by atoms with Crippen molar-refractivity contribution in [2.75, 3.05) is 7.05 Å². The van der Waals surface area contributed by atoms with E-state index in [1.54, 1.807) is 30.3 Å². The lowest BCUT2D eigenvalue weighted by molar-refractivity contribution is 0.623. The fraction of sp³-hybridized carbons (Fsp3) is 0.143. The molecule has 0 saturated carbocycles. The van der Waals surface area contributed by atoms with E-state index in [0.717, 1.165) is 11.1 Å². The predicted octanol–water partition coefficient (Wildman–Crippen LogP) is 4.44. The van der Waals surface area contributed by atoms with Gasteiger partial charge in [0.25, 0.3) is 0 Å². The Bertz CT molecular complexity index is 520. The summed E-state index contributed by atoms with van der Waals surface area (Å²) < 4.78 is 12.9. The van der Waals surface area contributed by atoms with Crippen LogP contribution in [0.25, 0.3) is 0 Å². The third-order valence-electron chi connectivity index (χ3n) is 2.78. The van der Waals surface area contributed by atoms with Crippen LogP contribution in [0, 0.1) is 5.82 Å². The molecule has 0 amide bonds. The largest absolute Gasteiger partial charge is 0.309 e. The van der Waals surface area contributed by atoms with Crippen molar-refractivity contribution in [3.63, 3.8) is 0 Å². The molecule has 0 spiro atoms. The Morgan fingerprint density at radius 3 is 2.06 bits per heavy atom. The molecule has 0 aliphatic rings. The van der Waals surface area contributed by atoms with Crippen LogP contribution in [0.4, 0.5) is 4.39 Å². The number of benzene rings is 2. The SMILES string of the molecule is CNC(c1ccc(F)cc1)c1c(Cl)cccc1Cl. The molecule has 0 saturated heterocycles. The van der Waals surface area contributed by atoms with Gasteiger partial charge in [0, 0.05) is 15.6 Å². The molecule has 0 radical (unpaired) electrons. The highest BCUT2D eigenvalue weighted by Gasteiger charge is 2.18. The highest BCUT2D eigenvalue weighted by molar-refractivity contribution is 6.36. The lowest BCUT2D eigenvalue weighted by atomic mass is 9.98. The van der Waals surface area contributed by atoms with Gasteiger partial charge in [0.05, 0.1) is 6.04 Å². The summed E-state index contributed by atoms with van der Waals surface area (Å²) >= 11 is 12.4. The van der Waals surface area contributed by atoms with E-state index in [1.807, 2.05) is 7.05 Å². The van der Waals surface area contributed by atoms with Gasteiger partial charge in [-0.3, -0.25) is 0 Å². The van der Waals surface area contributed by atoms with Crippen molar-refractivity contribution in [2.45, 2.75) is 6.04 Å². The van der Waals surface area contributed by atoms with Gasteiger partial charge in [0.2, 0.25) is 0 Å². The summed E-state index contributed by atoms with van der Waals surface area (Å²) in [6.07, 6.45) is 0. The minimum absolute atomic E-state index is 0.160. The molecule has 2 rings (SSSR count). The van der Waals surface area contributed by atoms with Crippen LogP contribution in [-0.4, -0.2) is 7.05 Å². The number of halogens is 3. The van der Waals surface area contributed by atoms with E-state index in [-0.39, 0.29) is 11.9 Å². The zero-order valence-corrected chi connectivity index (χ0v) is 11.3. The van der Waals surface area contributed by atoms with Gasteiger partial charge in [-0.25, -0.2) is 4.39 Å². The van der Waals surface area contributed by atoms with Crippen molar-refractivity contribution in [1.29, 1.82) is 0 Å². The van der Waals surface area contributed by atoms with Crippen LogP contribution >= 0.6 is 23.2 Å². The Labute approximate surface area is 116 Å². The molecule has 0 aliphatic heterocycles. The summed E-state index contributed by atoms with van der Waals surface area (Å²) in [4.78, 5) is 0. The first-order valence-electron chi connectivity index (χ1n) is 5.50. The molecule has 1 nitrogen and oxygen atoms in total. The molecule has 0 fully saturated rings. The van der Waals surface area contributed by atoms with Crippen LogP contribution in [-0.2, 0) is 0 Å². The molecule has 1 atom stereocenters. The topological polar surface area (TPSA) is 12.0 Å². The van der Waals surface area contributed by atoms with Gasteiger partial charge >= 0.3 is 0 Å². The standard InChI is InChI=1S/C14H12Cl2FN/c1-18-14(9-5-7-10(17)8-6-9)13-11(15)3-2-4-12(13)16/h2-8,14,18H,1H3. The first-order valence-corrected chi connectivity index (χ1v) is 6.25. The molecule has 1 unspecified atom stereocenters. The van der Waals surface area contributed by atoms with Crippen molar-refractivity contribution >= 4 is 23.2 Å². The minimum atomic E-state index is -0.265. The minimum Gasteiger partial charge on any atom is -0.309 e. The highest BCUT2D eigenvalue weighted by atomic mass is 35.5. The summed E-state index contributed by atoms with van der Waals surface area (Å²) in [5.74, 6) is -0.265. The van der Waals surface area contributed by atoms with Gasteiger partial charge in [-0.2, -0.15) is 0 Å². The fourth-order valence-electron chi connectivity index (χ4n) is 1.92. The van der Waals surface area contributed by atoms with Crippen LogP contribution in [0.5, 0.6) is 0 Å². The molecule has 94 valence electrons. The molecule has 2 aromatic carbocycles. The lowest BCUT2D eigenvalue weighted by Crippen LogP contribution is -2.18. The molecule has 4 heteroatoms. The van der Waals surface area contributed by atoms with E-state index in [2.05, 4.69) is 5.32 Å². The summed E-state index contributed by atoms with van der Waals surface area (Å²) in [6, 6.07) is 11.5. The average Bonchev–Trinajstić information content (AvgIpc) is 2.35. The van der Waals surface area contributed by atoms with Crippen LogP contribution in [0.2, 0.25) is 10.0 Å². The molecule has 0 heterocycles. The Kier molecular flexibility index (Phi) is 4.23. The van der Waals surface area contributed by atoms with Gasteiger partial charge in [-0.15, -0.1) is 0 Å². The Balaban J connectivity index is 2.48. The van der Waals surface area contributed by atoms with Crippen LogP contribution in [0.15, 0.2) is 42.5 Å². The predicted molar refractivity (Wildman–Crippen MR) is 73.8 cm³/mol. The molecule has 0 bridgehead atoms. The Morgan fingerprint density at radius 2 is 1.56 bits per heavy atom. The van der Waals surface area contributed by atoms with Crippen LogP contribution in [0.3, 0.4) is 0 Å². The molecule has 1 N–H and O–H groups in total. The molecule has 18 heavy (non-hydrogen) atoms. The van der Waals surface area contributed by atoms with Gasteiger partial charge < -0.3 is 5.32 Å². The first kappa shape index (κ1) is 13.3. The summed E-state index contributed by atoms with van der Waals surface area (Å²) in [5.41, 5.74) is 1.71. The van der Waals surface area contributed by atoms with E-state index in [4.69, 9.17) is 23.2 Å². The molecule has 2 aromatic rings. The monoisotopic (exact) mass is 283 g/mol. The van der Waals surface area contributed by atoms with E-state index in [0.29, 0.717) is 10.0 Å². The summed E-state index contributed by atoms with van der Waals surface area (Å²) in [5, 5.41) is 4.32. The normalized spacial score (nSPS) is 12.4. The van der Waals surface area contributed by atoms with Crippen LogP contribution < -0.4 is 5.32 Å². The lowest BCUT2D eigenvalue weighted by Gasteiger charge is -2.19. The second-order valence-electron chi connectivity index (χ2n) is 3.91. The quantitative estimate of drug-likeness (QED) is 0.878. The number of nitrogens with one attached hydrogen (secondary N) is 1. The highest BCUT2D eigenvalue weighted by Crippen LogP contribution is 2.33. The van der Waals surface area contributed by atoms with Crippen molar-refractivity contribution in [3.05, 3.63) is 69.5 Å². The number of hydrogen-bond donors (Lipinski definition) is 1.